The second kappa shape index (κ2) is 10.1. The smallest absolute Gasteiger partial charge is 0.315 e. The van der Waals surface area contributed by atoms with Crippen molar-refractivity contribution in [2.24, 2.45) is 5.92 Å². The first-order chi connectivity index (χ1) is 14.7. The van der Waals surface area contributed by atoms with Gasteiger partial charge in [0, 0.05) is 43.6 Å². The van der Waals surface area contributed by atoms with Gasteiger partial charge in [0.2, 0.25) is 5.91 Å². The number of carbonyl (C=O) groups excluding carboxylic acids is 2. The first-order valence-electron chi connectivity index (χ1n) is 11.7. The average molecular weight is 434 g/mol. The molecule has 3 heterocycles. The third kappa shape index (κ3) is 4.99. The van der Waals surface area contributed by atoms with Crippen molar-refractivity contribution in [1.82, 2.24) is 15.5 Å². The Morgan fingerprint density at radius 1 is 1.17 bits per heavy atom. The minimum Gasteiger partial charge on any atom is -0.381 e. The van der Waals surface area contributed by atoms with E-state index in [-0.39, 0.29) is 17.5 Å². The molecule has 2 aliphatic heterocycles. The summed E-state index contributed by atoms with van der Waals surface area (Å²) in [6.45, 7) is 2.76. The summed E-state index contributed by atoms with van der Waals surface area (Å²) >= 11 is 1.68. The van der Waals surface area contributed by atoms with Crippen molar-refractivity contribution >= 4 is 23.3 Å². The quantitative estimate of drug-likeness (QED) is 0.666. The monoisotopic (exact) mass is 433 g/mol. The summed E-state index contributed by atoms with van der Waals surface area (Å²) < 4.78 is 5.52. The lowest BCUT2D eigenvalue weighted by Crippen LogP contribution is -2.52. The Morgan fingerprint density at radius 2 is 1.97 bits per heavy atom. The summed E-state index contributed by atoms with van der Waals surface area (Å²) in [5.74, 6) is 0.988. The van der Waals surface area contributed by atoms with Crippen molar-refractivity contribution in [2.75, 3.05) is 26.3 Å². The molecule has 166 valence electrons. The highest BCUT2D eigenvalue weighted by Crippen LogP contribution is 2.36. The number of likely N-dealkylation sites (tertiary alicyclic amines) is 1. The fraction of sp³-hybridized carbons (Fsp3) is 0.739. The Hall–Kier alpha value is -1.60. The number of urea groups is 1. The van der Waals surface area contributed by atoms with E-state index >= 15 is 0 Å². The van der Waals surface area contributed by atoms with Crippen LogP contribution in [0.5, 0.6) is 0 Å². The fourth-order valence-corrected chi connectivity index (χ4v) is 6.43. The molecule has 0 aromatic carbocycles. The van der Waals surface area contributed by atoms with Crippen LogP contribution in [0.1, 0.15) is 69.1 Å². The first-order valence-corrected chi connectivity index (χ1v) is 12.5. The highest BCUT2D eigenvalue weighted by molar-refractivity contribution is 7.10. The Balaban J connectivity index is 1.22. The van der Waals surface area contributed by atoms with Crippen LogP contribution >= 0.6 is 11.3 Å². The van der Waals surface area contributed by atoms with Crippen LogP contribution in [0.2, 0.25) is 0 Å². The first kappa shape index (κ1) is 21.6. The van der Waals surface area contributed by atoms with Gasteiger partial charge in [0.05, 0.1) is 5.54 Å². The summed E-state index contributed by atoms with van der Waals surface area (Å²) in [7, 11) is 0. The van der Waals surface area contributed by atoms with Crippen LogP contribution in [0.4, 0.5) is 4.79 Å². The predicted molar refractivity (Wildman–Crippen MR) is 119 cm³/mol. The number of amides is 3. The van der Waals surface area contributed by atoms with Crippen LogP contribution in [0.3, 0.4) is 0 Å². The largest absolute Gasteiger partial charge is 0.381 e. The Bertz CT molecular complexity index is 701. The number of fused-ring (bicyclic) bond motifs is 1. The highest BCUT2D eigenvalue weighted by atomic mass is 32.1. The molecule has 7 heteroatoms. The van der Waals surface area contributed by atoms with E-state index in [1.807, 2.05) is 6.07 Å². The summed E-state index contributed by atoms with van der Waals surface area (Å²) in [6.07, 6.45) is 10.2. The molecule has 1 aromatic rings. The Labute approximate surface area is 183 Å². The number of thiophene rings is 1. The van der Waals surface area contributed by atoms with E-state index in [1.54, 1.807) is 11.3 Å². The van der Waals surface area contributed by atoms with Crippen LogP contribution in [-0.2, 0) is 15.1 Å². The lowest BCUT2D eigenvalue weighted by atomic mass is 9.78. The zero-order valence-electron chi connectivity index (χ0n) is 17.9. The molecule has 6 nitrogen and oxygen atoms in total. The molecule has 2 saturated heterocycles. The molecule has 1 saturated carbocycles. The van der Waals surface area contributed by atoms with Gasteiger partial charge in [-0.05, 0) is 62.3 Å². The van der Waals surface area contributed by atoms with Gasteiger partial charge in [-0.3, -0.25) is 4.79 Å². The van der Waals surface area contributed by atoms with E-state index in [0.717, 1.165) is 25.8 Å². The number of carbonyl (C=O) groups is 2. The van der Waals surface area contributed by atoms with Gasteiger partial charge in [-0.2, -0.15) is 0 Å². The molecule has 0 spiro atoms. The summed E-state index contributed by atoms with van der Waals surface area (Å²) in [6, 6.07) is 4.44. The van der Waals surface area contributed by atoms with Crippen molar-refractivity contribution in [1.29, 1.82) is 0 Å². The van der Waals surface area contributed by atoms with Crippen molar-refractivity contribution in [3.05, 3.63) is 22.4 Å². The standard InChI is InChI=1S/C23H35N3O3S/c27-21(26-14-4-7-18-6-1-2-8-19(18)26)10-3-13-24-22(28)25-23(11-15-29-16-12-23)20-9-5-17-30-20/h5,9,17-19H,1-4,6-8,10-16H2,(H2,24,25,28). The molecule has 2 N–H and O–H groups in total. The van der Waals surface area contributed by atoms with E-state index < -0.39 is 0 Å². The van der Waals surface area contributed by atoms with Gasteiger partial charge < -0.3 is 20.3 Å². The number of nitrogens with zero attached hydrogens (tertiary/aromatic N) is 1. The highest BCUT2D eigenvalue weighted by Gasteiger charge is 2.37. The average Bonchev–Trinajstić information content (AvgIpc) is 3.33. The molecule has 0 radical (unpaired) electrons. The zero-order chi connectivity index (χ0) is 20.8. The second-order valence-electron chi connectivity index (χ2n) is 9.00. The van der Waals surface area contributed by atoms with Crippen molar-refractivity contribution in [3.63, 3.8) is 0 Å². The van der Waals surface area contributed by atoms with Gasteiger partial charge in [0.1, 0.15) is 0 Å². The van der Waals surface area contributed by atoms with E-state index in [2.05, 4.69) is 27.0 Å². The van der Waals surface area contributed by atoms with Gasteiger partial charge in [0.15, 0.2) is 0 Å². The van der Waals surface area contributed by atoms with Gasteiger partial charge >= 0.3 is 6.03 Å². The van der Waals surface area contributed by atoms with E-state index in [4.69, 9.17) is 4.74 Å². The second-order valence-corrected chi connectivity index (χ2v) is 9.95. The molecule has 1 aromatic heterocycles. The molecular formula is C23H35N3O3S. The van der Waals surface area contributed by atoms with Crippen LogP contribution in [0.25, 0.3) is 0 Å². The Morgan fingerprint density at radius 3 is 2.77 bits per heavy atom. The molecule has 30 heavy (non-hydrogen) atoms. The minimum absolute atomic E-state index is 0.150. The lowest BCUT2D eigenvalue weighted by Gasteiger charge is -2.44. The van der Waals surface area contributed by atoms with Crippen LogP contribution in [-0.4, -0.2) is 49.2 Å². The SMILES string of the molecule is O=C(NCCCC(=O)N1CCCC2CCCCC21)NC1(c2cccs2)CCOCC1. The lowest BCUT2D eigenvalue weighted by molar-refractivity contribution is -0.137. The molecular weight excluding hydrogens is 398 g/mol. The van der Waals surface area contributed by atoms with Gasteiger partial charge in [0.25, 0.3) is 0 Å². The third-order valence-electron chi connectivity index (χ3n) is 7.11. The summed E-state index contributed by atoms with van der Waals surface area (Å²) in [5, 5.41) is 8.23. The number of piperidine rings is 1. The third-order valence-corrected chi connectivity index (χ3v) is 8.18. The Kier molecular flexibility index (Phi) is 7.31. The summed E-state index contributed by atoms with van der Waals surface area (Å²) in [4.78, 5) is 28.7. The van der Waals surface area contributed by atoms with Crippen molar-refractivity contribution in [2.45, 2.75) is 75.8 Å². The molecule has 0 bridgehead atoms. The minimum atomic E-state index is -0.337. The zero-order valence-corrected chi connectivity index (χ0v) is 18.7. The number of ether oxygens (including phenoxy) is 1. The van der Waals surface area contributed by atoms with Crippen LogP contribution in [0, 0.1) is 5.92 Å². The normalized spacial score (nSPS) is 25.9. The molecule has 3 fully saturated rings. The predicted octanol–water partition coefficient (Wildman–Crippen LogP) is 4.01. The van der Waals surface area contributed by atoms with Gasteiger partial charge in [-0.1, -0.05) is 18.9 Å². The van der Waals surface area contributed by atoms with E-state index in [1.165, 1.54) is 37.0 Å². The topological polar surface area (TPSA) is 70.7 Å². The molecule has 3 amide bonds. The van der Waals surface area contributed by atoms with Crippen molar-refractivity contribution < 1.29 is 14.3 Å². The molecule has 3 aliphatic rings. The van der Waals surface area contributed by atoms with Crippen molar-refractivity contribution in [3.8, 4) is 0 Å². The number of hydrogen-bond acceptors (Lipinski definition) is 4. The fourth-order valence-electron chi connectivity index (χ4n) is 5.48. The summed E-state index contributed by atoms with van der Waals surface area (Å²) in [5.41, 5.74) is -0.337. The van der Waals surface area contributed by atoms with Crippen LogP contribution < -0.4 is 10.6 Å². The van der Waals surface area contributed by atoms with Gasteiger partial charge in [-0.25, -0.2) is 4.79 Å². The molecule has 2 atom stereocenters. The maximum absolute atomic E-state index is 12.8. The maximum atomic E-state index is 12.8. The maximum Gasteiger partial charge on any atom is 0.315 e. The molecule has 4 rings (SSSR count). The van der Waals surface area contributed by atoms with Gasteiger partial charge in [-0.15, -0.1) is 11.3 Å². The van der Waals surface area contributed by atoms with E-state index in [0.29, 0.717) is 44.6 Å². The van der Waals surface area contributed by atoms with Crippen LogP contribution in [0.15, 0.2) is 17.5 Å². The number of rotatable bonds is 6. The molecule has 1 aliphatic carbocycles. The van der Waals surface area contributed by atoms with E-state index in [9.17, 15) is 9.59 Å². The number of hydrogen-bond donors (Lipinski definition) is 2. The number of nitrogens with one attached hydrogen (secondary N) is 2. The molecule has 2 unspecified atom stereocenters.